The van der Waals surface area contributed by atoms with Gasteiger partial charge in [0.05, 0.1) is 6.21 Å². The number of hydrogen-bond donors (Lipinski definition) is 2. The predicted octanol–water partition coefficient (Wildman–Crippen LogP) is 4.74. The van der Waals surface area contributed by atoms with E-state index < -0.39 is 0 Å². The van der Waals surface area contributed by atoms with Crippen LogP contribution >= 0.6 is 11.6 Å². The van der Waals surface area contributed by atoms with Crippen LogP contribution in [-0.4, -0.2) is 24.6 Å². The Morgan fingerprint density at radius 2 is 1.77 bits per heavy atom. The number of carbonyl (C=O) groups is 2. The maximum Gasteiger partial charge on any atom is 0.271 e. The minimum Gasteiger partial charge on any atom is -0.483 e. The molecule has 158 valence electrons. The first-order valence-electron chi connectivity index (χ1n) is 9.60. The van der Waals surface area contributed by atoms with Crippen molar-refractivity contribution in [2.24, 2.45) is 5.10 Å². The Hall–Kier alpha value is -3.64. The molecule has 0 aliphatic carbocycles. The number of carbonyl (C=O) groups excluding carboxylic acids is 2. The molecule has 0 bridgehead atoms. The Balaban J connectivity index is 1.58. The molecular weight excluding hydrogens is 414 g/mol. The fourth-order valence-corrected chi connectivity index (χ4v) is 2.95. The van der Waals surface area contributed by atoms with E-state index in [1.165, 1.54) is 6.21 Å². The molecule has 31 heavy (non-hydrogen) atoms. The van der Waals surface area contributed by atoms with Crippen molar-refractivity contribution in [1.29, 1.82) is 0 Å². The van der Waals surface area contributed by atoms with Crippen LogP contribution < -0.4 is 15.5 Å². The lowest BCUT2D eigenvalue weighted by Crippen LogP contribution is -2.21. The number of nitrogens with one attached hydrogen (secondary N) is 2. The maximum absolute atomic E-state index is 12.3. The van der Waals surface area contributed by atoms with E-state index in [1.54, 1.807) is 42.5 Å². The van der Waals surface area contributed by atoms with Crippen molar-refractivity contribution >= 4 is 35.3 Å². The van der Waals surface area contributed by atoms with Crippen molar-refractivity contribution in [2.45, 2.75) is 13.8 Å². The number of benzene rings is 3. The van der Waals surface area contributed by atoms with Gasteiger partial charge in [0.25, 0.3) is 11.8 Å². The van der Waals surface area contributed by atoms with Crippen molar-refractivity contribution in [3.8, 4) is 5.75 Å². The third-order valence-corrected chi connectivity index (χ3v) is 4.66. The highest BCUT2D eigenvalue weighted by atomic mass is 35.5. The average Bonchev–Trinajstić information content (AvgIpc) is 2.75. The van der Waals surface area contributed by atoms with E-state index in [0.717, 1.165) is 16.8 Å². The van der Waals surface area contributed by atoms with Gasteiger partial charge in [-0.3, -0.25) is 9.59 Å². The van der Waals surface area contributed by atoms with Crippen LogP contribution in [0.1, 0.15) is 27.0 Å². The summed E-state index contributed by atoms with van der Waals surface area (Å²) in [6, 6.07) is 19.4. The zero-order chi connectivity index (χ0) is 22.2. The summed E-state index contributed by atoms with van der Waals surface area (Å²) < 4.78 is 5.66. The molecule has 2 amide bonds. The van der Waals surface area contributed by atoms with Crippen LogP contribution in [0.15, 0.2) is 71.8 Å². The Morgan fingerprint density at radius 1 is 1.03 bits per heavy atom. The summed E-state index contributed by atoms with van der Waals surface area (Å²) >= 11 is 5.83. The van der Waals surface area contributed by atoms with E-state index in [0.29, 0.717) is 21.9 Å². The molecule has 3 aromatic carbocycles. The summed E-state index contributed by atoms with van der Waals surface area (Å²) in [5.74, 6) is -0.156. The monoisotopic (exact) mass is 435 g/mol. The number of nitrogens with zero attached hydrogens (tertiary/aromatic N) is 1. The molecule has 7 heteroatoms. The zero-order valence-electron chi connectivity index (χ0n) is 17.2. The van der Waals surface area contributed by atoms with E-state index in [-0.39, 0.29) is 18.4 Å². The number of amides is 2. The molecule has 0 radical (unpaired) electrons. The second-order valence-corrected chi connectivity index (χ2v) is 7.34. The number of hydrogen-bond acceptors (Lipinski definition) is 4. The largest absolute Gasteiger partial charge is 0.483 e. The molecule has 0 saturated carbocycles. The van der Waals surface area contributed by atoms with Crippen LogP contribution in [-0.2, 0) is 4.79 Å². The van der Waals surface area contributed by atoms with Gasteiger partial charge >= 0.3 is 0 Å². The third-order valence-electron chi connectivity index (χ3n) is 4.41. The molecule has 3 aromatic rings. The van der Waals surface area contributed by atoms with Gasteiger partial charge in [-0.25, -0.2) is 5.43 Å². The van der Waals surface area contributed by atoms with Gasteiger partial charge in [-0.1, -0.05) is 41.4 Å². The summed E-state index contributed by atoms with van der Waals surface area (Å²) in [5.41, 5.74) is 6.38. The summed E-state index contributed by atoms with van der Waals surface area (Å²) in [4.78, 5) is 24.4. The number of aryl methyl sites for hydroxylation is 2. The van der Waals surface area contributed by atoms with Crippen LogP contribution in [0.5, 0.6) is 5.75 Å². The van der Waals surface area contributed by atoms with Crippen molar-refractivity contribution in [3.05, 3.63) is 94.0 Å². The van der Waals surface area contributed by atoms with E-state index >= 15 is 0 Å². The van der Waals surface area contributed by atoms with Crippen LogP contribution in [0.25, 0.3) is 0 Å². The lowest BCUT2D eigenvalue weighted by molar-refractivity contribution is -0.118. The first kappa shape index (κ1) is 22.1. The maximum atomic E-state index is 12.3. The minimum atomic E-state index is -0.362. The van der Waals surface area contributed by atoms with E-state index in [9.17, 15) is 9.59 Å². The number of para-hydroxylation sites is 1. The normalized spacial score (nSPS) is 10.7. The molecule has 3 rings (SSSR count). The van der Waals surface area contributed by atoms with E-state index in [1.807, 2.05) is 38.1 Å². The fraction of sp³-hybridized carbons (Fsp3) is 0.125. The quantitative estimate of drug-likeness (QED) is 0.415. The molecule has 0 aliphatic heterocycles. The molecule has 6 nitrogen and oxygen atoms in total. The van der Waals surface area contributed by atoms with Gasteiger partial charge in [-0.15, -0.1) is 0 Å². The summed E-state index contributed by atoms with van der Waals surface area (Å²) in [6.45, 7) is 3.78. The van der Waals surface area contributed by atoms with E-state index in [2.05, 4.69) is 15.8 Å². The molecule has 0 heterocycles. The highest BCUT2D eigenvalue weighted by Crippen LogP contribution is 2.18. The Bertz CT molecular complexity index is 1110. The smallest absolute Gasteiger partial charge is 0.271 e. The molecule has 0 aliphatic rings. The van der Waals surface area contributed by atoms with Gasteiger partial charge in [-0.2, -0.15) is 5.10 Å². The molecule has 0 spiro atoms. The van der Waals surface area contributed by atoms with Gasteiger partial charge in [0.2, 0.25) is 0 Å². The second kappa shape index (κ2) is 10.4. The molecule has 0 aromatic heterocycles. The number of anilines is 1. The molecular formula is C24H22ClN3O3. The summed E-state index contributed by atoms with van der Waals surface area (Å²) in [7, 11) is 0. The van der Waals surface area contributed by atoms with Gasteiger partial charge in [0, 0.05) is 21.8 Å². The van der Waals surface area contributed by atoms with Crippen molar-refractivity contribution in [1.82, 2.24) is 5.43 Å². The molecule has 2 N–H and O–H groups in total. The zero-order valence-corrected chi connectivity index (χ0v) is 17.9. The number of rotatable bonds is 7. The highest BCUT2D eigenvalue weighted by Gasteiger charge is 2.08. The Kier molecular flexibility index (Phi) is 7.40. The van der Waals surface area contributed by atoms with Crippen LogP contribution in [0.3, 0.4) is 0 Å². The fourth-order valence-electron chi connectivity index (χ4n) is 2.83. The molecule has 0 unspecified atom stereocenters. The average molecular weight is 436 g/mol. The summed E-state index contributed by atoms with van der Waals surface area (Å²) in [5, 5.41) is 7.37. The standard InChI is InChI=1S/C24H22ClN3O3/c1-16-7-12-21(17(2)13-16)27-23(29)15-31-22-6-4-3-5-19(22)14-26-28-24(30)18-8-10-20(25)11-9-18/h3-14H,15H2,1-2H3,(H,27,29)(H,28,30)/b26-14+. The van der Waals surface area contributed by atoms with E-state index in [4.69, 9.17) is 16.3 Å². The lowest BCUT2D eigenvalue weighted by Gasteiger charge is -2.11. The lowest BCUT2D eigenvalue weighted by atomic mass is 10.1. The highest BCUT2D eigenvalue weighted by molar-refractivity contribution is 6.30. The summed E-state index contributed by atoms with van der Waals surface area (Å²) in [6.07, 6.45) is 1.46. The molecule has 0 atom stereocenters. The van der Waals surface area contributed by atoms with Gasteiger partial charge in [0.1, 0.15) is 5.75 Å². The Morgan fingerprint density at radius 3 is 2.52 bits per heavy atom. The first-order valence-corrected chi connectivity index (χ1v) is 9.98. The number of halogens is 1. The number of ether oxygens (including phenoxy) is 1. The Labute approximate surface area is 185 Å². The van der Waals surface area contributed by atoms with Crippen LogP contribution in [0.4, 0.5) is 5.69 Å². The first-order chi connectivity index (χ1) is 14.9. The topological polar surface area (TPSA) is 79.8 Å². The third kappa shape index (κ3) is 6.42. The van der Waals surface area contributed by atoms with Crippen LogP contribution in [0, 0.1) is 13.8 Å². The molecule has 0 fully saturated rings. The minimum absolute atomic E-state index is 0.157. The SMILES string of the molecule is Cc1ccc(NC(=O)COc2ccccc2/C=N/NC(=O)c2ccc(Cl)cc2)c(C)c1. The van der Waals surface area contributed by atoms with Crippen molar-refractivity contribution in [2.75, 3.05) is 11.9 Å². The second-order valence-electron chi connectivity index (χ2n) is 6.90. The van der Waals surface area contributed by atoms with Crippen molar-refractivity contribution in [3.63, 3.8) is 0 Å². The number of hydrazone groups is 1. The predicted molar refractivity (Wildman–Crippen MR) is 123 cm³/mol. The van der Waals surface area contributed by atoms with Gasteiger partial charge in [-0.05, 0) is 61.9 Å². The molecule has 0 saturated heterocycles. The van der Waals surface area contributed by atoms with Crippen LogP contribution in [0.2, 0.25) is 5.02 Å². The van der Waals surface area contributed by atoms with Gasteiger partial charge in [0.15, 0.2) is 6.61 Å². The van der Waals surface area contributed by atoms with Crippen molar-refractivity contribution < 1.29 is 14.3 Å². The van der Waals surface area contributed by atoms with Gasteiger partial charge < -0.3 is 10.1 Å².